The molecule has 1 aliphatic carbocycles. The van der Waals surface area contributed by atoms with E-state index in [1.165, 1.54) is 0 Å². The number of rotatable bonds is 9. The van der Waals surface area contributed by atoms with Crippen molar-refractivity contribution in [1.82, 2.24) is 19.3 Å². The van der Waals surface area contributed by atoms with Gasteiger partial charge in [-0.3, -0.25) is 0 Å². The molecule has 2 fully saturated rings. The molecule has 1 unspecified atom stereocenters. The number of hydrogen-bond acceptors (Lipinski definition) is 5. The predicted molar refractivity (Wildman–Crippen MR) is 121 cm³/mol. The molecule has 2 aromatic rings. The molecule has 0 amide bonds. The van der Waals surface area contributed by atoms with Gasteiger partial charge in [-0.2, -0.15) is 5.10 Å². The van der Waals surface area contributed by atoms with Gasteiger partial charge in [0.1, 0.15) is 5.75 Å². The molecule has 0 aromatic carbocycles. The molecule has 1 aliphatic heterocycles. The molecule has 4 rings (SSSR count). The van der Waals surface area contributed by atoms with E-state index in [1.54, 1.807) is 4.52 Å². The van der Waals surface area contributed by atoms with Crippen LogP contribution in [0.15, 0.2) is 18.5 Å². The SMILES string of the molecule is CCCC[S@+]([O-])NC(c1cnn2cc(CC3CCC(F)(F)CC3)nc2c1)C1CCOCC1. The lowest BCUT2D eigenvalue weighted by atomic mass is 9.84. The number of imidazole rings is 1. The third-order valence-electron chi connectivity index (χ3n) is 6.76. The number of ether oxygens (including phenoxy) is 1. The Hall–Kier alpha value is -1.29. The number of halogens is 2. The number of nitrogens with zero attached hydrogens (tertiary/aromatic N) is 3. The molecule has 0 radical (unpaired) electrons. The van der Waals surface area contributed by atoms with Crippen LogP contribution in [0.3, 0.4) is 0 Å². The van der Waals surface area contributed by atoms with Crippen molar-refractivity contribution in [2.24, 2.45) is 11.8 Å². The third-order valence-corrected chi connectivity index (χ3v) is 7.94. The Morgan fingerprint density at radius 2 is 2.03 bits per heavy atom. The Labute approximate surface area is 191 Å². The first kappa shape index (κ1) is 23.9. The van der Waals surface area contributed by atoms with Crippen LogP contribution in [0.5, 0.6) is 0 Å². The fraction of sp³-hybridized carbons (Fsp3) is 0.739. The molecule has 0 bridgehead atoms. The Morgan fingerprint density at radius 1 is 1.28 bits per heavy atom. The summed E-state index contributed by atoms with van der Waals surface area (Å²) in [5.74, 6) is -1.29. The highest BCUT2D eigenvalue weighted by Crippen LogP contribution is 2.37. The van der Waals surface area contributed by atoms with Crippen molar-refractivity contribution in [2.45, 2.75) is 76.7 Å². The molecule has 1 saturated heterocycles. The summed E-state index contributed by atoms with van der Waals surface area (Å²) in [7, 11) is 0. The van der Waals surface area contributed by atoms with Crippen LogP contribution in [0.1, 0.15) is 75.6 Å². The summed E-state index contributed by atoms with van der Waals surface area (Å²) >= 11 is -1.10. The summed E-state index contributed by atoms with van der Waals surface area (Å²) in [6.45, 7) is 3.53. The highest BCUT2D eigenvalue weighted by Gasteiger charge is 2.35. The molecule has 0 spiro atoms. The summed E-state index contributed by atoms with van der Waals surface area (Å²) in [5.41, 5.74) is 2.63. The third kappa shape index (κ3) is 6.18. The number of nitrogens with one attached hydrogen (secondary N) is 1. The van der Waals surface area contributed by atoms with Crippen LogP contribution in [-0.4, -0.2) is 44.0 Å². The fourth-order valence-electron chi connectivity index (χ4n) is 4.77. The van der Waals surface area contributed by atoms with Gasteiger partial charge in [-0.15, -0.1) is 4.72 Å². The summed E-state index contributed by atoms with van der Waals surface area (Å²) in [5, 5.41) is 4.57. The monoisotopic (exact) mass is 468 g/mol. The highest BCUT2D eigenvalue weighted by atomic mass is 32.2. The van der Waals surface area contributed by atoms with Crippen LogP contribution < -0.4 is 4.72 Å². The Morgan fingerprint density at radius 3 is 2.75 bits per heavy atom. The molecule has 6 nitrogen and oxygen atoms in total. The van der Waals surface area contributed by atoms with E-state index in [9.17, 15) is 13.3 Å². The zero-order valence-corrected chi connectivity index (χ0v) is 19.6. The summed E-state index contributed by atoms with van der Waals surface area (Å²) in [6, 6.07) is 1.96. The quantitative estimate of drug-likeness (QED) is 0.544. The zero-order chi connectivity index (χ0) is 22.6. The number of alkyl halides is 2. The van der Waals surface area contributed by atoms with Crippen molar-refractivity contribution >= 4 is 17.0 Å². The van der Waals surface area contributed by atoms with E-state index in [0.717, 1.165) is 42.6 Å². The number of aromatic nitrogens is 3. The van der Waals surface area contributed by atoms with Crippen molar-refractivity contribution in [1.29, 1.82) is 0 Å². The average molecular weight is 469 g/mol. The number of hydrogen-bond donors (Lipinski definition) is 1. The van der Waals surface area contributed by atoms with Crippen molar-refractivity contribution in [3.63, 3.8) is 0 Å². The van der Waals surface area contributed by atoms with Gasteiger partial charge in [0, 0.05) is 37.4 Å². The minimum absolute atomic E-state index is 0.0267. The molecule has 2 aromatic heterocycles. The van der Waals surface area contributed by atoms with Crippen molar-refractivity contribution in [2.75, 3.05) is 19.0 Å². The van der Waals surface area contributed by atoms with Gasteiger partial charge in [-0.1, -0.05) is 13.3 Å². The number of fused-ring (bicyclic) bond motifs is 1. The molecular formula is C23H34F2N4O2S. The van der Waals surface area contributed by atoms with Crippen LogP contribution >= 0.6 is 0 Å². The van der Waals surface area contributed by atoms with Gasteiger partial charge in [-0.25, -0.2) is 18.3 Å². The van der Waals surface area contributed by atoms with E-state index >= 15 is 0 Å². The van der Waals surface area contributed by atoms with Gasteiger partial charge in [-0.05, 0) is 62.0 Å². The van der Waals surface area contributed by atoms with E-state index in [1.807, 2.05) is 18.5 Å². The van der Waals surface area contributed by atoms with E-state index in [2.05, 4.69) is 16.7 Å². The van der Waals surface area contributed by atoms with Crippen LogP contribution in [0.25, 0.3) is 5.65 Å². The van der Waals surface area contributed by atoms with E-state index < -0.39 is 17.3 Å². The summed E-state index contributed by atoms with van der Waals surface area (Å²) in [6.07, 6.45) is 9.25. The fourth-order valence-corrected chi connectivity index (χ4v) is 6.05. The second-order valence-corrected chi connectivity index (χ2v) is 10.6. The standard InChI is InChI=1S/C23H34F2N4O2S/c1-2-3-12-32(30)28-22(18-6-10-31-11-7-18)19-14-21-27-20(16-29(21)26-15-19)13-17-4-8-23(24,25)9-5-17/h14-18,22,28H,2-13H2,1H3/t22?,32-/m0/s1. The smallest absolute Gasteiger partial charge is 0.248 e. The first-order valence-electron chi connectivity index (χ1n) is 11.9. The maximum absolute atomic E-state index is 13.5. The Bertz CT molecular complexity index is 865. The van der Waals surface area contributed by atoms with Crippen LogP contribution in [0, 0.1) is 11.8 Å². The lowest BCUT2D eigenvalue weighted by Crippen LogP contribution is -2.37. The van der Waals surface area contributed by atoms with Crippen LogP contribution in [0.4, 0.5) is 8.78 Å². The Kier molecular flexibility index (Phi) is 8.02. The minimum atomic E-state index is -2.50. The van der Waals surface area contributed by atoms with Gasteiger partial charge in [0.2, 0.25) is 5.92 Å². The highest BCUT2D eigenvalue weighted by molar-refractivity contribution is 7.89. The van der Waals surface area contributed by atoms with Crippen LogP contribution in [-0.2, 0) is 22.5 Å². The summed E-state index contributed by atoms with van der Waals surface area (Å²) < 4.78 is 50.2. The average Bonchev–Trinajstić information content (AvgIpc) is 3.19. The molecule has 2 aliphatic rings. The predicted octanol–water partition coefficient (Wildman–Crippen LogP) is 4.62. The molecule has 178 valence electrons. The molecule has 1 saturated carbocycles. The molecule has 3 heterocycles. The van der Waals surface area contributed by atoms with Crippen LogP contribution in [0.2, 0.25) is 0 Å². The number of unbranched alkanes of at least 4 members (excludes halogenated alkanes) is 1. The van der Waals surface area contributed by atoms with Gasteiger partial charge in [0.25, 0.3) is 0 Å². The van der Waals surface area contributed by atoms with Crippen molar-refractivity contribution in [3.05, 3.63) is 29.7 Å². The second-order valence-electron chi connectivity index (χ2n) is 9.28. The van der Waals surface area contributed by atoms with Gasteiger partial charge < -0.3 is 9.29 Å². The lowest BCUT2D eigenvalue weighted by molar-refractivity contribution is -0.0457. The van der Waals surface area contributed by atoms with E-state index in [4.69, 9.17) is 9.72 Å². The molecule has 9 heteroatoms. The van der Waals surface area contributed by atoms with Gasteiger partial charge in [0.05, 0.1) is 24.1 Å². The first-order valence-corrected chi connectivity index (χ1v) is 13.2. The maximum Gasteiger partial charge on any atom is 0.248 e. The van der Waals surface area contributed by atoms with Gasteiger partial charge in [0.15, 0.2) is 5.65 Å². The lowest BCUT2D eigenvalue weighted by Gasteiger charge is -2.31. The maximum atomic E-state index is 13.5. The molecule has 1 N–H and O–H groups in total. The topological polar surface area (TPSA) is 74.5 Å². The molecule has 2 atom stereocenters. The first-order chi connectivity index (χ1) is 15.4. The zero-order valence-electron chi connectivity index (χ0n) is 18.8. The molecular weight excluding hydrogens is 434 g/mol. The van der Waals surface area contributed by atoms with E-state index in [-0.39, 0.29) is 24.8 Å². The van der Waals surface area contributed by atoms with E-state index in [0.29, 0.717) is 44.1 Å². The van der Waals surface area contributed by atoms with Gasteiger partial charge >= 0.3 is 0 Å². The molecule has 32 heavy (non-hydrogen) atoms. The largest absolute Gasteiger partial charge is 0.598 e. The normalized spacial score (nSPS) is 22.2. The summed E-state index contributed by atoms with van der Waals surface area (Å²) in [4.78, 5) is 4.74. The van der Waals surface area contributed by atoms with Crippen molar-refractivity contribution in [3.8, 4) is 0 Å². The Balaban J connectivity index is 1.49. The second kappa shape index (κ2) is 10.8. The van der Waals surface area contributed by atoms with Crippen molar-refractivity contribution < 1.29 is 18.1 Å². The minimum Gasteiger partial charge on any atom is -0.598 e.